The summed E-state index contributed by atoms with van der Waals surface area (Å²) in [5, 5.41) is 0. The number of hydrogen-bond acceptors (Lipinski definition) is 22. The number of carbonyl (C=O) groups is 8. The molecule has 0 aromatic carbocycles. The zero-order valence-corrected chi connectivity index (χ0v) is 91.2. The number of rotatable bonds is 37. The number of carbonyl (C=O) groups excluding carboxylic acids is 8. The Balaban J connectivity index is 0.000000137. The zero-order chi connectivity index (χ0) is 101. The minimum Gasteiger partial charge on any atom is -0.438 e. The minimum atomic E-state index is -0.482. The average Bonchev–Trinajstić information content (AvgIpc) is 1.17. The number of esters is 7. The van der Waals surface area contributed by atoms with Crippen molar-refractivity contribution in [1.29, 1.82) is 0 Å². The van der Waals surface area contributed by atoms with Gasteiger partial charge in [0.05, 0.1) is 81.6 Å². The molecule has 24 rings (SSSR count). The third-order valence-electron chi connectivity index (χ3n) is 42.3. The largest absolute Gasteiger partial charge is 0.438 e. The first-order valence-corrected chi connectivity index (χ1v) is 56.8. The Morgan fingerprint density at radius 2 is 0.590 bits per heavy atom. The van der Waals surface area contributed by atoms with Gasteiger partial charge in [-0.25, -0.2) is 0 Å². The maximum Gasteiger partial charge on any atom is 0.313 e. The van der Waals surface area contributed by atoms with Gasteiger partial charge in [0.25, 0.3) is 0 Å². The van der Waals surface area contributed by atoms with Crippen LogP contribution in [0.5, 0.6) is 0 Å². The second kappa shape index (κ2) is 47.5. The summed E-state index contributed by atoms with van der Waals surface area (Å²) >= 11 is 0. The first-order chi connectivity index (χ1) is 65.8. The highest BCUT2D eigenvalue weighted by atomic mass is 16.7. The highest BCUT2D eigenvalue weighted by Crippen LogP contribution is 2.67. The fourth-order valence-electron chi connectivity index (χ4n) is 31.0. The molecule has 0 spiro atoms. The van der Waals surface area contributed by atoms with E-state index in [0.29, 0.717) is 64.3 Å². The average molecular weight is 1950 g/mol. The summed E-state index contributed by atoms with van der Waals surface area (Å²) in [6, 6.07) is 0. The molecule has 0 N–H and O–H groups in total. The van der Waals surface area contributed by atoms with Crippen LogP contribution < -0.4 is 0 Å². The molecule has 20 unspecified atom stereocenters. The Morgan fingerprint density at radius 3 is 0.921 bits per heavy atom. The SMILES string of the molecule is CCC(C)(C)C(=O)OCOC1(C)C2CC3CC(C2)C(=O)C1C3.CCC(C)(C)C(=O)OCOC1(C)C2CC3CC(C2)CC1C3.CCC(C)(C)C(=O)OCOC1CC2CCC1C2.CCC(C)(C)C(=O)OCOCC12CC3CC(CC(C3)C1C)C2.CCC(C)C(=O)OCOC1(C)C2CC3CC(C2)CC1C3.CCC(C)C(=O)OCOC1CC2CCC1C2.CCC(C)C(=O)OCOCC12CC3CC(CC(C3)C1C)C2. The molecule has 0 amide bonds. The van der Waals surface area contributed by atoms with Crippen LogP contribution in [0, 0.1) is 192 Å². The fraction of sp³-hybridized carbons (Fsp3) is 0.932. The fourth-order valence-corrected chi connectivity index (χ4v) is 31.0. The third kappa shape index (κ3) is 26.3. The van der Waals surface area contributed by atoms with Gasteiger partial charge in [0.2, 0.25) is 0 Å². The van der Waals surface area contributed by atoms with Gasteiger partial charge in [-0.05, 0) is 468 Å². The summed E-state index contributed by atoms with van der Waals surface area (Å²) in [7, 11) is 0. The smallest absolute Gasteiger partial charge is 0.313 e. The van der Waals surface area contributed by atoms with E-state index in [1.807, 2.05) is 125 Å². The van der Waals surface area contributed by atoms with E-state index in [1.54, 1.807) is 0 Å². The summed E-state index contributed by atoms with van der Waals surface area (Å²) in [6.07, 6.45) is 48.2. The molecule has 24 saturated carbocycles. The molecule has 0 aromatic rings. The second-order valence-corrected chi connectivity index (χ2v) is 52.5. The Labute approximate surface area is 839 Å². The molecule has 794 valence electrons. The van der Waals surface area contributed by atoms with Gasteiger partial charge in [0.15, 0.2) is 47.6 Å². The van der Waals surface area contributed by atoms with Crippen molar-refractivity contribution in [2.24, 2.45) is 192 Å². The van der Waals surface area contributed by atoms with Crippen LogP contribution in [0.4, 0.5) is 0 Å². The van der Waals surface area contributed by atoms with Crippen molar-refractivity contribution in [3.05, 3.63) is 0 Å². The molecule has 0 radical (unpaired) electrons. The van der Waals surface area contributed by atoms with Crippen LogP contribution in [0.15, 0.2) is 0 Å². The normalized spacial score (nSPS) is 39.3. The van der Waals surface area contributed by atoms with E-state index in [9.17, 15) is 38.4 Å². The van der Waals surface area contributed by atoms with Gasteiger partial charge in [-0.3, -0.25) is 38.4 Å². The van der Waals surface area contributed by atoms with Crippen molar-refractivity contribution >= 4 is 47.6 Å². The topological polar surface area (TPSA) is 266 Å². The van der Waals surface area contributed by atoms with Crippen LogP contribution >= 0.6 is 0 Å². The van der Waals surface area contributed by atoms with Crippen molar-refractivity contribution in [1.82, 2.24) is 0 Å². The van der Waals surface area contributed by atoms with Crippen molar-refractivity contribution in [3.8, 4) is 0 Å². The van der Waals surface area contributed by atoms with Crippen LogP contribution in [0.1, 0.15) is 410 Å². The zero-order valence-electron chi connectivity index (χ0n) is 91.2. The molecule has 139 heavy (non-hydrogen) atoms. The molecule has 0 saturated heterocycles. The van der Waals surface area contributed by atoms with E-state index in [0.717, 1.165) is 179 Å². The maximum atomic E-state index is 12.5. The lowest BCUT2D eigenvalue weighted by Gasteiger charge is -2.60. The second-order valence-electron chi connectivity index (χ2n) is 52.5. The first-order valence-electron chi connectivity index (χ1n) is 56.8. The molecule has 22 heteroatoms. The molecule has 24 fully saturated rings. The van der Waals surface area contributed by atoms with Crippen LogP contribution in [-0.4, -0.2) is 137 Å². The minimum absolute atomic E-state index is 0.00152. The number of ether oxygens (including phenoxy) is 14. The van der Waals surface area contributed by atoms with Crippen molar-refractivity contribution in [2.45, 2.75) is 439 Å². The summed E-state index contributed by atoms with van der Waals surface area (Å²) in [4.78, 5) is 95.1. The summed E-state index contributed by atoms with van der Waals surface area (Å²) in [6.45, 7) is 48.8. The van der Waals surface area contributed by atoms with Crippen LogP contribution in [0.25, 0.3) is 0 Å². The monoisotopic (exact) mass is 1950 g/mol. The molecule has 20 atom stereocenters. The van der Waals surface area contributed by atoms with E-state index in [4.69, 9.17) is 66.3 Å². The van der Waals surface area contributed by atoms with Gasteiger partial charge in [-0.15, -0.1) is 0 Å². The van der Waals surface area contributed by atoms with E-state index < -0.39 is 27.3 Å². The van der Waals surface area contributed by atoms with E-state index in [2.05, 4.69) is 34.6 Å². The van der Waals surface area contributed by atoms with Gasteiger partial charge < -0.3 is 66.3 Å². The lowest BCUT2D eigenvalue weighted by Crippen LogP contribution is -2.62. The van der Waals surface area contributed by atoms with Crippen LogP contribution in [0.2, 0.25) is 0 Å². The number of ketones is 1. The molecule has 0 aromatic heterocycles. The quantitative estimate of drug-likeness (QED) is 0.0242. The molecular formula is C117H194O22. The van der Waals surface area contributed by atoms with Crippen molar-refractivity contribution in [2.75, 3.05) is 60.8 Å². The summed E-state index contributed by atoms with van der Waals surface area (Å²) < 4.78 is 78.3. The van der Waals surface area contributed by atoms with Gasteiger partial charge in [0.1, 0.15) is 5.78 Å². The molecule has 0 heterocycles. The molecular weight excluding hydrogens is 1760 g/mol. The number of Topliss-reactive ketones (excluding diaryl/α,β-unsaturated/α-hetero) is 1. The van der Waals surface area contributed by atoms with Gasteiger partial charge >= 0.3 is 41.8 Å². The predicted octanol–water partition coefficient (Wildman–Crippen LogP) is 25.5. The van der Waals surface area contributed by atoms with Gasteiger partial charge in [-0.1, -0.05) is 83.1 Å². The molecule has 22 nitrogen and oxygen atoms in total. The predicted molar refractivity (Wildman–Crippen MR) is 534 cm³/mol. The summed E-state index contributed by atoms with van der Waals surface area (Å²) in [5.41, 5.74) is -1.51. The summed E-state index contributed by atoms with van der Waals surface area (Å²) in [5.74, 6) is 17.4. The molecule has 24 aliphatic rings. The van der Waals surface area contributed by atoms with Crippen LogP contribution in [-0.2, 0) is 105 Å². The van der Waals surface area contributed by atoms with E-state index in [-0.39, 0.29) is 130 Å². The molecule has 0 aliphatic heterocycles. The lowest BCUT2D eigenvalue weighted by atomic mass is 9.46. The molecule has 24 bridgehead atoms. The van der Waals surface area contributed by atoms with Gasteiger partial charge in [-0.2, -0.15) is 0 Å². The highest BCUT2D eigenvalue weighted by Gasteiger charge is 2.63. The first kappa shape index (κ1) is 112. The lowest BCUT2D eigenvalue weighted by molar-refractivity contribution is -0.234. The maximum absolute atomic E-state index is 12.5. The van der Waals surface area contributed by atoms with Gasteiger partial charge in [0, 0.05) is 11.8 Å². The van der Waals surface area contributed by atoms with E-state index in [1.165, 1.54) is 180 Å². The number of hydrogen-bond donors (Lipinski definition) is 0. The Bertz CT molecular complexity index is 3950. The number of fused-ring (bicyclic) bond motifs is 4. The molecule has 24 aliphatic carbocycles. The van der Waals surface area contributed by atoms with Crippen molar-refractivity contribution < 1.29 is 105 Å². The van der Waals surface area contributed by atoms with Crippen LogP contribution in [0.3, 0.4) is 0 Å². The standard InChI is InChI=1S/C19H32O3.C18H28O4.2C18H30O3.C17H28O3.C14H24O3.C13H22O3/c1-5-18(3,4)17(20)22-12-21-11-19-9-14-6-15(10-19)8-16(7-14)13(19)2;1-5-17(2,3)16(20)21-10-22-18(4)13-7-11-6-12(9-13)15(19)14(18)8-11;1-5-17(2,3)16(19)20-11-21-18(4)14-7-12-6-13(9-14)10-15(18)8-12;1-4-12(2)17(19)21-11-20-10-18-8-14-5-15(9-18)7-16(6-14)13(18)3;1-4-11(2)16(18)19-10-20-17(3)14-6-12-5-13(8-14)9-15(17)7-12;1-4-14(2,3)13(15)17-9-16-12-8-10-5-6-11(12)7-10;1-3-9(2)13(14)16-8-15-12-7-10-4-5-11(12)6-10/h13-16H,5-12H2,1-4H3;11-14H,5-10H2,1-4H3;12-15H,5-11H2,1-4H3;12-16H,4-11H2,1-3H3;11-15H,4-10H2,1-3H3;10-12H,4-9H2,1-3H3;9-12H,3-8H2,1-2H3. The Hall–Kier alpha value is -4.32. The van der Waals surface area contributed by atoms with E-state index >= 15 is 0 Å². The van der Waals surface area contributed by atoms with Crippen molar-refractivity contribution in [3.63, 3.8) is 0 Å². The highest BCUT2D eigenvalue weighted by molar-refractivity contribution is 5.87. The Morgan fingerprint density at radius 1 is 0.309 bits per heavy atom. The Kier molecular flexibility index (Phi) is 38.2. The third-order valence-corrected chi connectivity index (χ3v) is 42.3.